The van der Waals surface area contributed by atoms with Crippen LogP contribution in [0, 0.1) is 13.8 Å². The van der Waals surface area contributed by atoms with Gasteiger partial charge in [-0.1, -0.05) is 36.4 Å². The van der Waals surface area contributed by atoms with E-state index in [1.807, 2.05) is 72.3 Å². The first-order valence-electron chi connectivity index (χ1n) is 8.10. The molecular formula is C20H21N3O. The van der Waals surface area contributed by atoms with E-state index in [9.17, 15) is 4.79 Å². The second-order valence-electron chi connectivity index (χ2n) is 5.77. The van der Waals surface area contributed by atoms with E-state index in [0.717, 1.165) is 23.5 Å². The van der Waals surface area contributed by atoms with Crippen LogP contribution in [-0.4, -0.2) is 22.2 Å². The number of carbonyl (C=O) groups is 1. The highest BCUT2D eigenvalue weighted by Gasteiger charge is 2.13. The van der Waals surface area contributed by atoms with Gasteiger partial charge in [0.1, 0.15) is 0 Å². The Balaban J connectivity index is 1.68. The number of aryl methyl sites for hydroxylation is 1. The Bertz CT molecular complexity index is 823. The summed E-state index contributed by atoms with van der Waals surface area (Å²) in [5, 5.41) is 7.62. The summed E-state index contributed by atoms with van der Waals surface area (Å²) >= 11 is 0. The van der Waals surface area contributed by atoms with E-state index in [2.05, 4.69) is 17.3 Å². The van der Waals surface area contributed by atoms with Gasteiger partial charge in [-0.25, -0.2) is 4.68 Å². The fraction of sp³-hybridized carbons (Fsp3) is 0.200. The minimum Gasteiger partial charge on any atom is -0.352 e. The normalized spacial score (nSPS) is 10.6. The zero-order valence-electron chi connectivity index (χ0n) is 14.0. The van der Waals surface area contributed by atoms with Crippen molar-refractivity contribution in [3.8, 4) is 5.69 Å². The third-order valence-corrected chi connectivity index (χ3v) is 4.14. The average Bonchev–Trinajstić information content (AvgIpc) is 2.91. The zero-order chi connectivity index (χ0) is 16.9. The van der Waals surface area contributed by atoms with Crippen LogP contribution >= 0.6 is 0 Å². The fourth-order valence-corrected chi connectivity index (χ4v) is 2.85. The van der Waals surface area contributed by atoms with E-state index in [0.29, 0.717) is 12.1 Å². The first kappa shape index (κ1) is 16.0. The SMILES string of the molecule is Cc1nn(-c2ccccc2)c(C)c1CCNC(=O)c1ccccc1. The van der Waals surface area contributed by atoms with Crippen molar-refractivity contribution in [1.82, 2.24) is 15.1 Å². The monoisotopic (exact) mass is 319 g/mol. The number of hydrogen-bond acceptors (Lipinski definition) is 2. The van der Waals surface area contributed by atoms with Crippen molar-refractivity contribution in [2.24, 2.45) is 0 Å². The molecule has 0 saturated carbocycles. The number of carbonyl (C=O) groups excluding carboxylic acids is 1. The summed E-state index contributed by atoms with van der Waals surface area (Å²) in [4.78, 5) is 12.1. The second-order valence-corrected chi connectivity index (χ2v) is 5.77. The number of nitrogens with zero attached hydrogens (tertiary/aromatic N) is 2. The third kappa shape index (κ3) is 3.38. The van der Waals surface area contributed by atoms with E-state index in [1.165, 1.54) is 5.56 Å². The Morgan fingerprint density at radius 3 is 2.29 bits per heavy atom. The van der Waals surface area contributed by atoms with Crippen LogP contribution in [0.2, 0.25) is 0 Å². The number of benzene rings is 2. The van der Waals surface area contributed by atoms with Crippen LogP contribution < -0.4 is 5.32 Å². The second kappa shape index (κ2) is 7.13. The number of para-hydroxylation sites is 1. The van der Waals surface area contributed by atoms with Gasteiger partial charge in [0.2, 0.25) is 0 Å². The van der Waals surface area contributed by atoms with Gasteiger partial charge in [0.25, 0.3) is 5.91 Å². The van der Waals surface area contributed by atoms with Gasteiger partial charge in [0.05, 0.1) is 11.4 Å². The first-order chi connectivity index (χ1) is 11.7. The largest absolute Gasteiger partial charge is 0.352 e. The lowest BCUT2D eigenvalue weighted by atomic mass is 10.1. The Labute approximate surface area is 142 Å². The molecule has 0 atom stereocenters. The highest BCUT2D eigenvalue weighted by atomic mass is 16.1. The highest BCUT2D eigenvalue weighted by Crippen LogP contribution is 2.18. The predicted molar refractivity (Wildman–Crippen MR) is 95.5 cm³/mol. The summed E-state index contributed by atoms with van der Waals surface area (Å²) in [5.74, 6) is -0.0404. The summed E-state index contributed by atoms with van der Waals surface area (Å²) < 4.78 is 1.96. The lowest BCUT2D eigenvalue weighted by Gasteiger charge is -2.07. The van der Waals surface area contributed by atoms with E-state index >= 15 is 0 Å². The summed E-state index contributed by atoms with van der Waals surface area (Å²) in [5.41, 5.74) is 5.05. The van der Waals surface area contributed by atoms with E-state index in [-0.39, 0.29) is 5.91 Å². The molecule has 3 aromatic rings. The van der Waals surface area contributed by atoms with Crippen molar-refractivity contribution in [3.05, 3.63) is 83.2 Å². The van der Waals surface area contributed by atoms with Crippen molar-refractivity contribution in [1.29, 1.82) is 0 Å². The quantitative estimate of drug-likeness (QED) is 0.783. The van der Waals surface area contributed by atoms with Crippen LogP contribution in [0.3, 0.4) is 0 Å². The maximum absolute atomic E-state index is 12.1. The van der Waals surface area contributed by atoms with Gasteiger partial charge in [0.15, 0.2) is 0 Å². The van der Waals surface area contributed by atoms with Gasteiger partial charge in [-0.3, -0.25) is 4.79 Å². The topological polar surface area (TPSA) is 46.9 Å². The molecule has 1 aromatic heterocycles. The zero-order valence-corrected chi connectivity index (χ0v) is 14.0. The van der Waals surface area contributed by atoms with Crippen molar-refractivity contribution in [2.45, 2.75) is 20.3 Å². The highest BCUT2D eigenvalue weighted by molar-refractivity contribution is 5.94. The average molecular weight is 319 g/mol. The smallest absolute Gasteiger partial charge is 0.251 e. The Morgan fingerprint density at radius 1 is 1.00 bits per heavy atom. The number of aromatic nitrogens is 2. The van der Waals surface area contributed by atoms with Crippen LogP contribution in [-0.2, 0) is 6.42 Å². The molecule has 0 radical (unpaired) electrons. The summed E-state index contributed by atoms with van der Waals surface area (Å²) in [7, 11) is 0. The molecule has 1 N–H and O–H groups in total. The van der Waals surface area contributed by atoms with E-state index < -0.39 is 0 Å². The van der Waals surface area contributed by atoms with E-state index in [4.69, 9.17) is 0 Å². The fourth-order valence-electron chi connectivity index (χ4n) is 2.85. The Morgan fingerprint density at radius 2 is 1.62 bits per heavy atom. The van der Waals surface area contributed by atoms with Crippen LogP contribution in [0.4, 0.5) is 0 Å². The molecule has 24 heavy (non-hydrogen) atoms. The maximum Gasteiger partial charge on any atom is 0.251 e. The lowest BCUT2D eigenvalue weighted by Crippen LogP contribution is -2.25. The summed E-state index contributed by atoms with van der Waals surface area (Å²) in [6.45, 7) is 4.68. The van der Waals surface area contributed by atoms with Crippen LogP contribution in [0.1, 0.15) is 27.3 Å². The Kier molecular flexibility index (Phi) is 4.75. The van der Waals surface area contributed by atoms with Crippen molar-refractivity contribution in [3.63, 3.8) is 0 Å². The molecule has 0 bridgehead atoms. The molecule has 0 aliphatic rings. The van der Waals surface area contributed by atoms with Crippen molar-refractivity contribution in [2.75, 3.05) is 6.54 Å². The maximum atomic E-state index is 12.1. The molecule has 3 rings (SSSR count). The molecule has 4 heteroatoms. The van der Waals surface area contributed by atoms with Gasteiger partial charge >= 0.3 is 0 Å². The molecule has 0 unspecified atom stereocenters. The number of nitrogens with one attached hydrogen (secondary N) is 1. The molecule has 122 valence electrons. The molecule has 0 saturated heterocycles. The van der Waals surface area contributed by atoms with Gasteiger partial charge in [-0.15, -0.1) is 0 Å². The molecule has 1 amide bonds. The standard InChI is InChI=1S/C20H21N3O/c1-15-19(13-14-21-20(24)17-9-5-3-6-10-17)16(2)23(22-15)18-11-7-4-8-12-18/h3-12H,13-14H2,1-2H3,(H,21,24). The van der Waals surface area contributed by atoms with Crippen LogP contribution in [0.15, 0.2) is 60.7 Å². The lowest BCUT2D eigenvalue weighted by molar-refractivity contribution is 0.0954. The molecule has 4 nitrogen and oxygen atoms in total. The molecule has 0 spiro atoms. The Hall–Kier alpha value is -2.88. The number of rotatable bonds is 5. The van der Waals surface area contributed by atoms with E-state index in [1.54, 1.807) is 0 Å². The molecule has 0 fully saturated rings. The predicted octanol–water partition coefficient (Wildman–Crippen LogP) is 3.46. The third-order valence-electron chi connectivity index (χ3n) is 4.14. The van der Waals surface area contributed by atoms with Crippen molar-refractivity contribution < 1.29 is 4.79 Å². The molecule has 2 aromatic carbocycles. The molecule has 1 heterocycles. The molecular weight excluding hydrogens is 298 g/mol. The van der Waals surface area contributed by atoms with Gasteiger partial charge in [0, 0.05) is 17.8 Å². The minimum atomic E-state index is -0.0404. The summed E-state index contributed by atoms with van der Waals surface area (Å²) in [6.07, 6.45) is 0.767. The van der Waals surface area contributed by atoms with Crippen molar-refractivity contribution >= 4 is 5.91 Å². The number of amides is 1. The van der Waals surface area contributed by atoms with Gasteiger partial charge < -0.3 is 5.32 Å². The van der Waals surface area contributed by atoms with Crippen LogP contribution in [0.25, 0.3) is 5.69 Å². The van der Waals surface area contributed by atoms with Gasteiger partial charge in [-0.2, -0.15) is 5.10 Å². The molecule has 0 aliphatic heterocycles. The molecule has 0 aliphatic carbocycles. The first-order valence-corrected chi connectivity index (χ1v) is 8.10. The van der Waals surface area contributed by atoms with Gasteiger partial charge in [-0.05, 0) is 50.1 Å². The minimum absolute atomic E-state index is 0.0404. The van der Waals surface area contributed by atoms with Crippen LogP contribution in [0.5, 0.6) is 0 Å². The summed E-state index contributed by atoms with van der Waals surface area (Å²) in [6, 6.07) is 19.4. The number of hydrogen-bond donors (Lipinski definition) is 1.